The van der Waals surface area contributed by atoms with Gasteiger partial charge in [0.15, 0.2) is 0 Å². The summed E-state index contributed by atoms with van der Waals surface area (Å²) in [5.41, 5.74) is 0. The fourth-order valence-electron chi connectivity index (χ4n) is 1.44. The molecule has 0 aliphatic rings. The van der Waals surface area contributed by atoms with E-state index in [4.69, 9.17) is 5.11 Å². The number of hydrogen-bond acceptors (Lipinski definition) is 3. The molecular weight excluding hydrogens is 235 g/mol. The molecule has 3 nitrogen and oxygen atoms in total. The van der Waals surface area contributed by atoms with Crippen molar-refractivity contribution in [3.05, 3.63) is 36.4 Å². The van der Waals surface area contributed by atoms with E-state index < -0.39 is 5.30 Å². The Hall–Kier alpha value is -0.680. The minimum absolute atomic E-state index is 0. The van der Waals surface area contributed by atoms with Crippen LogP contribution >= 0.6 is 11.8 Å². The van der Waals surface area contributed by atoms with Crippen LogP contribution in [0.1, 0.15) is 1.43 Å². The fourth-order valence-corrected chi connectivity index (χ4v) is 2.05. The first-order valence-corrected chi connectivity index (χ1v) is 5.11. The Morgan fingerprint density at radius 2 is 1.75 bits per heavy atom. The van der Waals surface area contributed by atoms with Crippen LogP contribution in [-0.4, -0.2) is 15.5 Å². The molecule has 0 unspecified atom stereocenters. The minimum Gasteiger partial charge on any atom is -1.00 e. The average Bonchev–Trinajstić information content (AvgIpc) is 2.22. The third-order valence-electron chi connectivity index (χ3n) is 2.06. The summed E-state index contributed by atoms with van der Waals surface area (Å²) in [6, 6.07) is 10.3. The number of phenolic OH excluding ortho intramolecular Hbond substituents is 1. The van der Waals surface area contributed by atoms with Crippen molar-refractivity contribution in [3.63, 3.8) is 0 Å². The number of carboxylic acid groups (broad SMARTS) is 1. The van der Waals surface area contributed by atoms with Crippen molar-refractivity contribution >= 4 is 27.8 Å². The standard InChI is InChI=1S/C11H8O3S.Na.H/c12-9-5-6-10(15-11(13)14)8-4-2-1-3-7(8)9;;/h1-6,12H,(H,13,14);;/q;+1;-1. The Kier molecular flexibility index (Phi) is 4.68. The quantitative estimate of drug-likeness (QED) is 0.564. The van der Waals surface area contributed by atoms with Gasteiger partial charge in [0, 0.05) is 10.3 Å². The third-order valence-corrected chi connectivity index (χ3v) is 2.81. The average molecular weight is 244 g/mol. The summed E-state index contributed by atoms with van der Waals surface area (Å²) in [5, 5.41) is 18.7. The van der Waals surface area contributed by atoms with Gasteiger partial charge in [-0.2, -0.15) is 0 Å². The zero-order valence-corrected chi connectivity index (χ0v) is 11.5. The molecule has 2 rings (SSSR count). The van der Waals surface area contributed by atoms with E-state index in [-0.39, 0.29) is 36.7 Å². The molecule has 0 atom stereocenters. The number of rotatable bonds is 1. The molecule has 0 aliphatic carbocycles. The maximum Gasteiger partial charge on any atom is 1.00 e. The molecule has 0 amide bonds. The third kappa shape index (κ3) is 2.71. The Balaban J connectivity index is 0.00000128. The zero-order chi connectivity index (χ0) is 10.8. The van der Waals surface area contributed by atoms with E-state index in [1.807, 2.05) is 6.07 Å². The van der Waals surface area contributed by atoms with Gasteiger partial charge in [-0.25, -0.2) is 4.79 Å². The van der Waals surface area contributed by atoms with E-state index in [1.165, 1.54) is 6.07 Å². The molecule has 2 aromatic carbocycles. The second-order valence-electron chi connectivity index (χ2n) is 3.00. The summed E-state index contributed by atoms with van der Waals surface area (Å²) in [7, 11) is 0. The summed E-state index contributed by atoms with van der Waals surface area (Å²) in [5.74, 6) is 0.167. The Morgan fingerprint density at radius 3 is 2.38 bits per heavy atom. The van der Waals surface area contributed by atoms with E-state index in [9.17, 15) is 9.90 Å². The Bertz CT molecular complexity index is 533. The maximum atomic E-state index is 10.6. The molecule has 0 heterocycles. The number of benzene rings is 2. The van der Waals surface area contributed by atoms with Gasteiger partial charge in [-0.15, -0.1) is 0 Å². The molecule has 0 saturated heterocycles. The Morgan fingerprint density at radius 1 is 1.12 bits per heavy atom. The molecule has 2 N–H and O–H groups in total. The van der Waals surface area contributed by atoms with Gasteiger partial charge in [0.25, 0.3) is 0 Å². The zero-order valence-electron chi connectivity index (χ0n) is 9.68. The minimum atomic E-state index is -0.953. The van der Waals surface area contributed by atoms with Crippen LogP contribution < -0.4 is 29.6 Å². The van der Waals surface area contributed by atoms with Crippen molar-refractivity contribution in [2.24, 2.45) is 0 Å². The molecule has 16 heavy (non-hydrogen) atoms. The number of aromatic hydroxyl groups is 1. The molecule has 0 bridgehead atoms. The predicted molar refractivity (Wildman–Crippen MR) is 60.6 cm³/mol. The molecular formula is C11H9NaO3S. The first kappa shape index (κ1) is 13.4. The van der Waals surface area contributed by atoms with Crippen molar-refractivity contribution in [2.45, 2.75) is 4.90 Å². The second kappa shape index (κ2) is 5.59. The van der Waals surface area contributed by atoms with Crippen LogP contribution in [0.25, 0.3) is 10.8 Å². The van der Waals surface area contributed by atoms with Crippen molar-refractivity contribution in [2.75, 3.05) is 0 Å². The summed E-state index contributed by atoms with van der Waals surface area (Å²) in [6.07, 6.45) is 0. The number of thioether (sulfide) groups is 1. The number of hydrogen-bond donors (Lipinski definition) is 2. The van der Waals surface area contributed by atoms with Crippen molar-refractivity contribution in [1.29, 1.82) is 0 Å². The van der Waals surface area contributed by atoms with Crippen LogP contribution in [0, 0.1) is 0 Å². The van der Waals surface area contributed by atoms with Gasteiger partial charge in [-0.05, 0) is 29.3 Å². The van der Waals surface area contributed by atoms with Gasteiger partial charge < -0.3 is 11.6 Å². The molecule has 0 fully saturated rings. The van der Waals surface area contributed by atoms with E-state index in [1.54, 1.807) is 24.3 Å². The first-order valence-electron chi connectivity index (χ1n) is 4.30. The summed E-state index contributed by atoms with van der Waals surface area (Å²) >= 11 is 0.742. The van der Waals surface area contributed by atoms with Crippen LogP contribution in [0.2, 0.25) is 0 Å². The molecule has 0 aromatic heterocycles. The summed E-state index contributed by atoms with van der Waals surface area (Å²) in [6.45, 7) is 0. The van der Waals surface area contributed by atoms with E-state index in [0.717, 1.165) is 17.1 Å². The molecule has 5 heteroatoms. The number of fused-ring (bicyclic) bond motifs is 1. The Labute approximate surface area is 120 Å². The van der Waals surface area contributed by atoms with Gasteiger partial charge in [0.1, 0.15) is 5.75 Å². The van der Waals surface area contributed by atoms with E-state index in [2.05, 4.69) is 0 Å². The molecule has 2 aromatic rings. The van der Waals surface area contributed by atoms with Crippen LogP contribution in [0.3, 0.4) is 0 Å². The normalized spacial score (nSPS) is 9.75. The van der Waals surface area contributed by atoms with Gasteiger partial charge in [0.05, 0.1) is 0 Å². The van der Waals surface area contributed by atoms with Crippen molar-refractivity contribution < 1.29 is 46.0 Å². The monoisotopic (exact) mass is 244 g/mol. The molecule has 78 valence electrons. The first-order chi connectivity index (χ1) is 7.18. The SMILES string of the molecule is O=C(O)Sc1ccc(O)c2ccccc12.[H-].[Na+]. The smallest absolute Gasteiger partial charge is 1.00 e. The molecule has 0 aliphatic heterocycles. The number of phenols is 1. The molecule has 0 saturated carbocycles. The topological polar surface area (TPSA) is 57.5 Å². The van der Waals surface area contributed by atoms with Crippen molar-refractivity contribution in [1.82, 2.24) is 0 Å². The van der Waals surface area contributed by atoms with Crippen LogP contribution in [-0.2, 0) is 0 Å². The van der Waals surface area contributed by atoms with E-state index >= 15 is 0 Å². The van der Waals surface area contributed by atoms with Crippen LogP contribution in [0.4, 0.5) is 4.79 Å². The van der Waals surface area contributed by atoms with Crippen LogP contribution in [0.15, 0.2) is 41.3 Å². The largest absolute Gasteiger partial charge is 1.00 e. The van der Waals surface area contributed by atoms with Gasteiger partial charge in [-0.3, -0.25) is 0 Å². The van der Waals surface area contributed by atoms with Gasteiger partial charge in [-0.1, -0.05) is 24.3 Å². The molecule has 0 radical (unpaired) electrons. The van der Waals surface area contributed by atoms with Crippen LogP contribution in [0.5, 0.6) is 5.75 Å². The fraction of sp³-hybridized carbons (Fsp3) is 0. The number of carbonyl (C=O) groups is 1. The second-order valence-corrected chi connectivity index (χ2v) is 3.99. The molecule has 0 spiro atoms. The van der Waals surface area contributed by atoms with Crippen molar-refractivity contribution in [3.8, 4) is 5.75 Å². The van der Waals surface area contributed by atoms with Gasteiger partial charge in [0.2, 0.25) is 0 Å². The van der Waals surface area contributed by atoms with E-state index in [0.29, 0.717) is 10.3 Å². The summed E-state index contributed by atoms with van der Waals surface area (Å²) < 4.78 is 0. The predicted octanol–water partition coefficient (Wildman–Crippen LogP) is 0.432. The summed E-state index contributed by atoms with van der Waals surface area (Å²) in [4.78, 5) is 11.2. The maximum absolute atomic E-state index is 10.6. The van der Waals surface area contributed by atoms with Gasteiger partial charge >= 0.3 is 34.9 Å².